The van der Waals surface area contributed by atoms with Crippen LogP contribution < -0.4 is 10.1 Å². The molecule has 1 aromatic heterocycles. The van der Waals surface area contributed by atoms with E-state index in [4.69, 9.17) is 4.74 Å². The summed E-state index contributed by atoms with van der Waals surface area (Å²) >= 11 is 1.15. The molecule has 1 heterocycles. The molecule has 3 rings (SSSR count). The number of nitrogens with zero attached hydrogens (tertiary/aromatic N) is 2. The molecule has 0 unspecified atom stereocenters. The summed E-state index contributed by atoms with van der Waals surface area (Å²) in [6.07, 6.45) is 0. The number of thioether (sulfide) groups is 1. The molecule has 0 atom stereocenters. The van der Waals surface area contributed by atoms with E-state index in [-0.39, 0.29) is 24.0 Å². The Morgan fingerprint density at radius 1 is 1.16 bits per heavy atom. The maximum atomic E-state index is 13.5. The molecule has 8 heteroatoms. The lowest BCUT2D eigenvalue weighted by Crippen LogP contribution is -2.15. The molecule has 0 saturated carbocycles. The monoisotopic (exact) mass is 358 g/mol. The van der Waals surface area contributed by atoms with Crippen LogP contribution in [0.3, 0.4) is 0 Å². The SMILES string of the molecule is O=C(CSc1n[nH]c(COc2ccccc2)n1)Nc1ccccc1F. The Morgan fingerprint density at radius 2 is 1.92 bits per heavy atom. The molecule has 0 aliphatic rings. The smallest absolute Gasteiger partial charge is 0.234 e. The van der Waals surface area contributed by atoms with Gasteiger partial charge in [0.2, 0.25) is 11.1 Å². The first-order chi connectivity index (χ1) is 12.2. The van der Waals surface area contributed by atoms with Crippen molar-refractivity contribution in [2.75, 3.05) is 11.1 Å². The van der Waals surface area contributed by atoms with E-state index < -0.39 is 5.82 Å². The molecule has 0 aliphatic carbocycles. The summed E-state index contributed by atoms with van der Waals surface area (Å²) in [4.78, 5) is 16.1. The number of aromatic amines is 1. The fourth-order valence-electron chi connectivity index (χ4n) is 1.95. The molecule has 1 amide bonds. The maximum absolute atomic E-state index is 13.5. The number of aromatic nitrogens is 3. The van der Waals surface area contributed by atoms with Crippen molar-refractivity contribution < 1.29 is 13.9 Å². The van der Waals surface area contributed by atoms with Crippen LogP contribution in [-0.2, 0) is 11.4 Å². The number of benzene rings is 2. The Bertz CT molecular complexity index is 841. The normalized spacial score (nSPS) is 10.4. The van der Waals surface area contributed by atoms with Gasteiger partial charge in [-0.2, -0.15) is 0 Å². The van der Waals surface area contributed by atoms with Gasteiger partial charge in [0.05, 0.1) is 11.4 Å². The fourth-order valence-corrected chi connectivity index (χ4v) is 2.57. The van der Waals surface area contributed by atoms with Crippen LogP contribution in [0.1, 0.15) is 5.82 Å². The van der Waals surface area contributed by atoms with E-state index in [0.717, 1.165) is 17.5 Å². The number of para-hydroxylation sites is 2. The van der Waals surface area contributed by atoms with Crippen LogP contribution in [0.25, 0.3) is 0 Å². The number of H-pyrrole nitrogens is 1. The van der Waals surface area contributed by atoms with Crippen molar-refractivity contribution in [1.82, 2.24) is 15.2 Å². The van der Waals surface area contributed by atoms with Gasteiger partial charge in [-0.1, -0.05) is 42.1 Å². The molecule has 6 nitrogen and oxygen atoms in total. The Labute approximate surface area is 147 Å². The quantitative estimate of drug-likeness (QED) is 0.634. The first-order valence-corrected chi connectivity index (χ1v) is 8.45. The summed E-state index contributed by atoms with van der Waals surface area (Å²) in [5.41, 5.74) is 0.153. The number of ether oxygens (including phenoxy) is 1. The number of carbonyl (C=O) groups is 1. The molecule has 25 heavy (non-hydrogen) atoms. The van der Waals surface area contributed by atoms with Gasteiger partial charge in [-0.25, -0.2) is 9.37 Å². The van der Waals surface area contributed by atoms with Crippen LogP contribution >= 0.6 is 11.8 Å². The van der Waals surface area contributed by atoms with Gasteiger partial charge in [-0.15, -0.1) is 5.10 Å². The van der Waals surface area contributed by atoms with Gasteiger partial charge in [-0.3, -0.25) is 9.89 Å². The van der Waals surface area contributed by atoms with Crippen LogP contribution in [0.15, 0.2) is 59.8 Å². The molecule has 2 aromatic carbocycles. The highest BCUT2D eigenvalue weighted by Gasteiger charge is 2.10. The lowest BCUT2D eigenvalue weighted by atomic mass is 10.3. The van der Waals surface area contributed by atoms with Crippen LogP contribution in [0.5, 0.6) is 5.75 Å². The second-order valence-electron chi connectivity index (χ2n) is 4.98. The molecule has 2 N–H and O–H groups in total. The number of nitrogens with one attached hydrogen (secondary N) is 2. The number of hydrogen-bond donors (Lipinski definition) is 2. The van der Waals surface area contributed by atoms with E-state index in [1.807, 2.05) is 30.3 Å². The van der Waals surface area contributed by atoms with E-state index >= 15 is 0 Å². The van der Waals surface area contributed by atoms with Gasteiger partial charge in [0, 0.05) is 0 Å². The van der Waals surface area contributed by atoms with Crippen molar-refractivity contribution in [1.29, 1.82) is 0 Å². The van der Waals surface area contributed by atoms with Crippen LogP contribution in [-0.4, -0.2) is 26.8 Å². The average molecular weight is 358 g/mol. The largest absolute Gasteiger partial charge is 0.486 e. The van der Waals surface area contributed by atoms with Gasteiger partial charge in [0.1, 0.15) is 18.2 Å². The van der Waals surface area contributed by atoms with Gasteiger partial charge < -0.3 is 10.1 Å². The number of hydrogen-bond acceptors (Lipinski definition) is 5. The van der Waals surface area contributed by atoms with E-state index in [0.29, 0.717) is 11.0 Å². The Hall–Kier alpha value is -2.87. The number of halogens is 1. The van der Waals surface area contributed by atoms with E-state index in [9.17, 15) is 9.18 Å². The minimum absolute atomic E-state index is 0.0746. The van der Waals surface area contributed by atoms with Crippen molar-refractivity contribution in [3.8, 4) is 5.75 Å². The first kappa shape index (κ1) is 17.0. The summed E-state index contributed by atoms with van der Waals surface area (Å²) in [6.45, 7) is 0.249. The maximum Gasteiger partial charge on any atom is 0.234 e. The van der Waals surface area contributed by atoms with Crippen LogP contribution in [0, 0.1) is 5.82 Å². The molecule has 3 aromatic rings. The van der Waals surface area contributed by atoms with Gasteiger partial charge in [0.25, 0.3) is 0 Å². The minimum atomic E-state index is -0.473. The molecule has 0 radical (unpaired) electrons. The highest BCUT2D eigenvalue weighted by atomic mass is 32.2. The van der Waals surface area contributed by atoms with Gasteiger partial charge in [-0.05, 0) is 24.3 Å². The number of rotatable bonds is 7. The first-order valence-electron chi connectivity index (χ1n) is 7.47. The van der Waals surface area contributed by atoms with E-state index in [2.05, 4.69) is 20.5 Å². The van der Waals surface area contributed by atoms with Crippen molar-refractivity contribution >= 4 is 23.4 Å². The van der Waals surface area contributed by atoms with Gasteiger partial charge >= 0.3 is 0 Å². The standard InChI is InChI=1S/C17H15FN4O2S/c18-13-8-4-5-9-14(13)19-16(23)11-25-17-20-15(21-22-17)10-24-12-6-2-1-3-7-12/h1-9H,10-11H2,(H,19,23)(H,20,21,22). The predicted molar refractivity (Wildman–Crippen MR) is 92.9 cm³/mol. The number of carbonyl (C=O) groups excluding carboxylic acids is 1. The average Bonchev–Trinajstić information content (AvgIpc) is 3.09. The summed E-state index contributed by atoms with van der Waals surface area (Å²) in [5, 5.41) is 9.71. The molecule has 0 saturated heterocycles. The number of anilines is 1. The Kier molecular flexibility index (Phi) is 5.63. The fraction of sp³-hybridized carbons (Fsp3) is 0.118. The molecule has 0 fully saturated rings. The zero-order chi connectivity index (χ0) is 17.5. The third-order valence-electron chi connectivity index (χ3n) is 3.11. The molecule has 128 valence electrons. The van der Waals surface area contributed by atoms with Crippen molar-refractivity contribution in [2.45, 2.75) is 11.8 Å². The lowest BCUT2D eigenvalue weighted by Gasteiger charge is -2.04. The summed E-state index contributed by atoms with van der Waals surface area (Å²) in [7, 11) is 0. The predicted octanol–water partition coefficient (Wildman–Crippen LogP) is 3.25. The zero-order valence-corrected chi connectivity index (χ0v) is 13.9. The second kappa shape index (κ2) is 8.29. The molecular weight excluding hydrogens is 343 g/mol. The summed E-state index contributed by atoms with van der Waals surface area (Å²) < 4.78 is 19.0. The zero-order valence-electron chi connectivity index (χ0n) is 13.1. The van der Waals surface area contributed by atoms with Gasteiger partial charge in [0.15, 0.2) is 5.82 Å². The van der Waals surface area contributed by atoms with E-state index in [1.54, 1.807) is 12.1 Å². The summed E-state index contributed by atoms with van der Waals surface area (Å²) in [6, 6.07) is 15.4. The van der Waals surface area contributed by atoms with E-state index in [1.165, 1.54) is 12.1 Å². The summed E-state index contributed by atoms with van der Waals surface area (Å²) in [5.74, 6) is 0.560. The Balaban J connectivity index is 1.47. The van der Waals surface area contributed by atoms with Crippen molar-refractivity contribution in [3.63, 3.8) is 0 Å². The molecule has 0 aliphatic heterocycles. The third kappa shape index (κ3) is 5.05. The molecular formula is C17H15FN4O2S. The third-order valence-corrected chi connectivity index (χ3v) is 3.96. The van der Waals surface area contributed by atoms with Crippen LogP contribution in [0.4, 0.5) is 10.1 Å². The second-order valence-corrected chi connectivity index (χ2v) is 5.93. The highest BCUT2D eigenvalue weighted by Crippen LogP contribution is 2.16. The lowest BCUT2D eigenvalue weighted by molar-refractivity contribution is -0.113. The highest BCUT2D eigenvalue weighted by molar-refractivity contribution is 7.99. The minimum Gasteiger partial charge on any atom is -0.486 e. The Morgan fingerprint density at radius 3 is 2.72 bits per heavy atom. The topological polar surface area (TPSA) is 79.9 Å². The van der Waals surface area contributed by atoms with Crippen molar-refractivity contribution in [2.24, 2.45) is 0 Å². The van der Waals surface area contributed by atoms with Crippen LogP contribution in [0.2, 0.25) is 0 Å². The number of amides is 1. The van der Waals surface area contributed by atoms with Crippen molar-refractivity contribution in [3.05, 3.63) is 66.2 Å². The molecule has 0 spiro atoms. The molecule has 0 bridgehead atoms.